The number of piperidine rings is 1. The first-order chi connectivity index (χ1) is 15.6. The fourth-order valence-corrected chi connectivity index (χ4v) is 6.52. The maximum atomic E-state index is 13.1. The molecular weight excluding hydrogens is 424 g/mol. The van der Waals surface area contributed by atoms with Crippen molar-refractivity contribution in [2.75, 3.05) is 18.5 Å². The molecule has 32 heavy (non-hydrogen) atoms. The summed E-state index contributed by atoms with van der Waals surface area (Å²) in [6.45, 7) is 0.708. The summed E-state index contributed by atoms with van der Waals surface area (Å²) in [5, 5.41) is 0.806. The van der Waals surface area contributed by atoms with Crippen LogP contribution in [0.5, 0.6) is 5.75 Å². The van der Waals surface area contributed by atoms with E-state index >= 15 is 0 Å². The third-order valence-electron chi connectivity index (χ3n) is 7.24. The maximum Gasteiger partial charge on any atom is 0.275 e. The number of ether oxygens (including phenoxy) is 1. The number of carbonyl (C=O) groups excluding carboxylic acids is 1. The van der Waals surface area contributed by atoms with Crippen LogP contribution in [-0.4, -0.2) is 52.1 Å². The minimum absolute atomic E-state index is 0.113. The molecule has 1 amide bonds. The van der Waals surface area contributed by atoms with E-state index in [0.29, 0.717) is 35.3 Å². The van der Waals surface area contributed by atoms with Gasteiger partial charge in [0.05, 0.1) is 11.2 Å². The molecule has 0 radical (unpaired) electrons. The summed E-state index contributed by atoms with van der Waals surface area (Å²) in [6, 6.07) is 10.8. The van der Waals surface area contributed by atoms with Gasteiger partial charge in [-0.25, -0.2) is 4.98 Å². The summed E-state index contributed by atoms with van der Waals surface area (Å²) < 4.78 is 8.42. The molecule has 5 heterocycles. The summed E-state index contributed by atoms with van der Waals surface area (Å²) in [7, 11) is 2.23. The SMILES string of the molecule is CN1C2CCC1CC(Oc1ccc(-n3cnc4cc(N5CCCC5=O)sc4c3=O)cc1)C2. The molecule has 2 atom stereocenters. The molecule has 1 aromatic carbocycles. The molecule has 2 bridgehead atoms. The molecule has 8 heteroatoms. The number of hydrogen-bond acceptors (Lipinski definition) is 6. The van der Waals surface area contributed by atoms with Gasteiger partial charge in [-0.15, -0.1) is 11.3 Å². The molecule has 3 saturated heterocycles. The van der Waals surface area contributed by atoms with Gasteiger partial charge in [-0.05, 0) is 69.5 Å². The smallest absolute Gasteiger partial charge is 0.275 e. The Morgan fingerprint density at radius 1 is 1.09 bits per heavy atom. The Labute approximate surface area is 190 Å². The summed E-state index contributed by atoms with van der Waals surface area (Å²) in [6.07, 6.45) is 7.95. The zero-order chi connectivity index (χ0) is 21.8. The van der Waals surface area contributed by atoms with Gasteiger partial charge in [0.25, 0.3) is 5.56 Å². The molecule has 0 aliphatic carbocycles. The Balaban J connectivity index is 1.23. The molecule has 3 aliphatic rings. The molecule has 166 valence electrons. The molecule has 6 rings (SSSR count). The first-order valence-electron chi connectivity index (χ1n) is 11.4. The molecule has 0 spiro atoms. The Morgan fingerprint density at radius 3 is 2.53 bits per heavy atom. The predicted molar refractivity (Wildman–Crippen MR) is 125 cm³/mol. The number of hydrogen-bond donors (Lipinski definition) is 0. The number of amides is 1. The summed E-state index contributed by atoms with van der Waals surface area (Å²) >= 11 is 1.35. The van der Waals surface area contributed by atoms with E-state index in [4.69, 9.17) is 4.74 Å². The number of carbonyl (C=O) groups is 1. The largest absolute Gasteiger partial charge is 0.490 e. The van der Waals surface area contributed by atoms with Crippen LogP contribution in [0.15, 0.2) is 41.5 Å². The number of benzene rings is 1. The first-order valence-corrected chi connectivity index (χ1v) is 12.2. The standard InChI is InChI=1S/C24H26N4O3S/c1-26-16-4-5-17(26)12-19(11-16)31-18-8-6-15(7-9-18)28-14-25-20-13-22(32-23(20)24(28)30)27-10-2-3-21(27)29/h6-9,13-14,16-17,19H,2-5,10-12H2,1H3. The van der Waals surface area contributed by atoms with Crippen LogP contribution in [0, 0.1) is 0 Å². The number of nitrogens with zero attached hydrogens (tertiary/aromatic N) is 4. The molecule has 0 N–H and O–H groups in total. The Hall–Kier alpha value is -2.71. The second-order valence-electron chi connectivity index (χ2n) is 9.12. The number of anilines is 1. The highest BCUT2D eigenvalue weighted by Gasteiger charge is 2.39. The molecule has 7 nitrogen and oxygen atoms in total. The highest BCUT2D eigenvalue weighted by atomic mass is 32.1. The summed E-state index contributed by atoms with van der Waals surface area (Å²) in [4.78, 5) is 34.0. The Morgan fingerprint density at radius 2 is 1.84 bits per heavy atom. The molecule has 2 aromatic heterocycles. The molecular formula is C24H26N4O3S. The van der Waals surface area contributed by atoms with Crippen molar-refractivity contribution in [1.29, 1.82) is 0 Å². The van der Waals surface area contributed by atoms with Crippen LogP contribution in [0.2, 0.25) is 0 Å². The number of thiophene rings is 1. The van der Waals surface area contributed by atoms with Crippen molar-refractivity contribution >= 4 is 32.5 Å². The fourth-order valence-electron chi connectivity index (χ4n) is 5.43. The van der Waals surface area contributed by atoms with Gasteiger partial charge in [0.2, 0.25) is 5.91 Å². The van der Waals surface area contributed by atoms with Crippen LogP contribution in [0.3, 0.4) is 0 Å². The van der Waals surface area contributed by atoms with Gasteiger partial charge < -0.3 is 14.5 Å². The Kier molecular flexibility index (Phi) is 4.80. The van der Waals surface area contributed by atoms with Crippen molar-refractivity contribution in [3.63, 3.8) is 0 Å². The van der Waals surface area contributed by atoms with Crippen molar-refractivity contribution in [3.8, 4) is 11.4 Å². The van der Waals surface area contributed by atoms with Crippen LogP contribution in [0.25, 0.3) is 15.9 Å². The molecule has 3 aliphatic heterocycles. The fraction of sp³-hybridized carbons (Fsp3) is 0.458. The van der Waals surface area contributed by atoms with E-state index in [1.54, 1.807) is 15.8 Å². The van der Waals surface area contributed by atoms with Crippen LogP contribution < -0.4 is 15.2 Å². The normalized spacial score (nSPS) is 25.7. The van der Waals surface area contributed by atoms with E-state index in [1.807, 2.05) is 30.3 Å². The lowest BCUT2D eigenvalue weighted by molar-refractivity contribution is -0.117. The van der Waals surface area contributed by atoms with Gasteiger partial charge in [0.1, 0.15) is 27.9 Å². The minimum atomic E-state index is -0.113. The number of fused-ring (bicyclic) bond motifs is 3. The molecule has 3 aromatic rings. The van der Waals surface area contributed by atoms with E-state index in [2.05, 4.69) is 16.9 Å². The summed E-state index contributed by atoms with van der Waals surface area (Å²) in [5.41, 5.74) is 1.29. The van der Waals surface area contributed by atoms with Crippen LogP contribution in [0.4, 0.5) is 5.00 Å². The second kappa shape index (κ2) is 7.71. The monoisotopic (exact) mass is 450 g/mol. The van der Waals surface area contributed by atoms with Crippen molar-refractivity contribution in [1.82, 2.24) is 14.5 Å². The lowest BCUT2D eigenvalue weighted by Gasteiger charge is -2.36. The van der Waals surface area contributed by atoms with Gasteiger partial charge >= 0.3 is 0 Å². The van der Waals surface area contributed by atoms with E-state index < -0.39 is 0 Å². The van der Waals surface area contributed by atoms with Gasteiger partial charge in [-0.2, -0.15) is 0 Å². The third-order valence-corrected chi connectivity index (χ3v) is 8.37. The van der Waals surface area contributed by atoms with E-state index in [9.17, 15) is 9.59 Å². The predicted octanol–water partition coefficient (Wildman–Crippen LogP) is 3.58. The van der Waals surface area contributed by atoms with E-state index in [-0.39, 0.29) is 17.6 Å². The second-order valence-corrected chi connectivity index (χ2v) is 10.2. The quantitative estimate of drug-likeness (QED) is 0.608. The third kappa shape index (κ3) is 3.33. The van der Waals surface area contributed by atoms with Crippen LogP contribution >= 0.6 is 11.3 Å². The maximum absolute atomic E-state index is 13.1. The lowest BCUT2D eigenvalue weighted by atomic mass is 10.0. The molecule has 3 fully saturated rings. The molecule has 2 unspecified atom stereocenters. The average Bonchev–Trinajstić information content (AvgIpc) is 3.45. The first kappa shape index (κ1) is 19.9. The topological polar surface area (TPSA) is 67.7 Å². The zero-order valence-electron chi connectivity index (χ0n) is 18.1. The zero-order valence-corrected chi connectivity index (χ0v) is 18.9. The van der Waals surface area contributed by atoms with Crippen molar-refractivity contribution in [2.45, 2.75) is 56.7 Å². The lowest BCUT2D eigenvalue weighted by Crippen LogP contribution is -2.43. The minimum Gasteiger partial charge on any atom is -0.490 e. The van der Waals surface area contributed by atoms with Crippen molar-refractivity contribution in [2.24, 2.45) is 0 Å². The number of rotatable bonds is 4. The average molecular weight is 451 g/mol. The highest BCUT2D eigenvalue weighted by molar-refractivity contribution is 7.22. The molecule has 0 saturated carbocycles. The van der Waals surface area contributed by atoms with Crippen LogP contribution in [-0.2, 0) is 4.79 Å². The Bertz CT molecular complexity index is 1220. The van der Waals surface area contributed by atoms with Crippen molar-refractivity contribution in [3.05, 3.63) is 47.0 Å². The van der Waals surface area contributed by atoms with Gasteiger partial charge in [-0.1, -0.05) is 0 Å². The van der Waals surface area contributed by atoms with Gasteiger partial charge in [-0.3, -0.25) is 14.2 Å². The van der Waals surface area contributed by atoms with E-state index in [1.165, 1.54) is 24.2 Å². The highest BCUT2D eigenvalue weighted by Crippen LogP contribution is 2.36. The van der Waals surface area contributed by atoms with Gasteiger partial charge in [0.15, 0.2) is 0 Å². The summed E-state index contributed by atoms with van der Waals surface area (Å²) in [5.74, 6) is 0.959. The van der Waals surface area contributed by atoms with E-state index in [0.717, 1.165) is 35.7 Å². The van der Waals surface area contributed by atoms with Gasteiger partial charge in [0, 0.05) is 25.0 Å². The van der Waals surface area contributed by atoms with Crippen LogP contribution in [0.1, 0.15) is 38.5 Å². The number of aromatic nitrogens is 2. The van der Waals surface area contributed by atoms with Crippen molar-refractivity contribution < 1.29 is 9.53 Å².